The third kappa shape index (κ3) is 2.91. The molecule has 0 aliphatic rings. The molecule has 0 bridgehead atoms. The molecule has 0 aliphatic carbocycles. The summed E-state index contributed by atoms with van der Waals surface area (Å²) in [5.41, 5.74) is 3.69. The summed E-state index contributed by atoms with van der Waals surface area (Å²) < 4.78 is 1.60. The van der Waals surface area contributed by atoms with Crippen molar-refractivity contribution < 1.29 is 4.79 Å². The van der Waals surface area contributed by atoms with Crippen molar-refractivity contribution in [3.05, 3.63) is 63.3 Å². The van der Waals surface area contributed by atoms with Gasteiger partial charge in [-0.3, -0.25) is 14.0 Å². The monoisotopic (exact) mass is 353 g/mol. The van der Waals surface area contributed by atoms with Crippen LogP contribution in [0, 0.1) is 6.92 Å². The molecule has 4 aromatic rings. The number of rotatable bonds is 4. The maximum Gasteiger partial charge on any atom is 0.258 e. The molecule has 1 amide bonds. The van der Waals surface area contributed by atoms with Crippen LogP contribution >= 0.6 is 11.3 Å². The lowest BCUT2D eigenvalue weighted by molar-refractivity contribution is 0.0954. The average molecular weight is 353 g/mol. The fourth-order valence-corrected chi connectivity index (χ4v) is 3.72. The van der Waals surface area contributed by atoms with Crippen LogP contribution in [0.2, 0.25) is 0 Å². The van der Waals surface area contributed by atoms with E-state index in [0.29, 0.717) is 29.2 Å². The van der Waals surface area contributed by atoms with E-state index in [2.05, 4.69) is 20.3 Å². The lowest BCUT2D eigenvalue weighted by atomic mass is 10.2. The largest absolute Gasteiger partial charge is 0.352 e. The summed E-state index contributed by atoms with van der Waals surface area (Å²) in [5, 5.41) is 4.79. The Balaban J connectivity index is 1.47. The molecule has 4 rings (SSSR count). The van der Waals surface area contributed by atoms with Crippen LogP contribution in [0.3, 0.4) is 0 Å². The number of benzene rings is 1. The van der Waals surface area contributed by atoms with Crippen molar-refractivity contribution >= 4 is 33.2 Å². The zero-order valence-corrected chi connectivity index (χ0v) is 14.3. The molecule has 3 heterocycles. The number of hydrogen-bond donors (Lipinski definition) is 2. The van der Waals surface area contributed by atoms with Crippen LogP contribution in [0.1, 0.15) is 21.7 Å². The number of aromatic nitrogens is 4. The number of H-pyrrole nitrogens is 1. The van der Waals surface area contributed by atoms with Gasteiger partial charge in [-0.1, -0.05) is 0 Å². The lowest BCUT2D eigenvalue weighted by Crippen LogP contribution is -2.26. The maximum absolute atomic E-state index is 12.3. The van der Waals surface area contributed by atoms with Crippen molar-refractivity contribution in [1.82, 2.24) is 24.7 Å². The first-order valence-electron chi connectivity index (χ1n) is 7.80. The average Bonchev–Trinajstić information content (AvgIpc) is 3.20. The van der Waals surface area contributed by atoms with Crippen molar-refractivity contribution in [1.29, 1.82) is 0 Å². The van der Waals surface area contributed by atoms with Crippen LogP contribution < -0.4 is 10.9 Å². The van der Waals surface area contributed by atoms with E-state index < -0.39 is 0 Å². The van der Waals surface area contributed by atoms with Gasteiger partial charge in [0.25, 0.3) is 11.5 Å². The number of carbonyl (C=O) groups is 1. The molecular weight excluding hydrogens is 338 g/mol. The second-order valence-corrected chi connectivity index (χ2v) is 6.56. The predicted octanol–water partition coefficient (Wildman–Crippen LogP) is 1.91. The fourth-order valence-electron chi connectivity index (χ4n) is 2.74. The molecule has 7 nitrogen and oxygen atoms in total. The van der Waals surface area contributed by atoms with E-state index in [1.807, 2.05) is 5.38 Å². The smallest absolute Gasteiger partial charge is 0.258 e. The van der Waals surface area contributed by atoms with E-state index in [1.54, 1.807) is 35.9 Å². The number of carbonyl (C=O) groups excluding carboxylic acids is 1. The van der Waals surface area contributed by atoms with E-state index in [0.717, 1.165) is 16.7 Å². The van der Waals surface area contributed by atoms with Crippen molar-refractivity contribution in [3.8, 4) is 0 Å². The molecule has 0 aliphatic heterocycles. The Kier molecular flexibility index (Phi) is 3.81. The quantitative estimate of drug-likeness (QED) is 0.586. The Labute approximate surface area is 146 Å². The summed E-state index contributed by atoms with van der Waals surface area (Å²) in [4.78, 5) is 36.6. The van der Waals surface area contributed by atoms with Gasteiger partial charge in [-0.05, 0) is 25.1 Å². The van der Waals surface area contributed by atoms with Crippen molar-refractivity contribution in [2.75, 3.05) is 6.54 Å². The molecule has 8 heteroatoms. The van der Waals surface area contributed by atoms with Gasteiger partial charge in [-0.15, -0.1) is 11.3 Å². The molecule has 1 aromatic carbocycles. The molecular formula is C17H15N5O2S. The summed E-state index contributed by atoms with van der Waals surface area (Å²) >= 11 is 1.43. The minimum atomic E-state index is -0.155. The predicted molar refractivity (Wildman–Crippen MR) is 96.2 cm³/mol. The number of imidazole rings is 1. The van der Waals surface area contributed by atoms with E-state index in [4.69, 9.17) is 0 Å². The number of aromatic amines is 1. The topological polar surface area (TPSA) is 92.1 Å². The Hall–Kier alpha value is -3.00. The van der Waals surface area contributed by atoms with Crippen LogP contribution in [0.4, 0.5) is 0 Å². The third-order valence-electron chi connectivity index (χ3n) is 3.95. The van der Waals surface area contributed by atoms with E-state index in [1.165, 1.54) is 17.4 Å². The Morgan fingerprint density at radius 3 is 3.12 bits per heavy atom. The summed E-state index contributed by atoms with van der Waals surface area (Å²) in [6, 6.07) is 6.84. The molecule has 3 aromatic heterocycles. The molecule has 0 radical (unpaired) electrons. The molecule has 0 fully saturated rings. The van der Waals surface area contributed by atoms with Gasteiger partial charge >= 0.3 is 0 Å². The Bertz CT molecular complexity index is 1140. The van der Waals surface area contributed by atoms with Gasteiger partial charge < -0.3 is 10.3 Å². The van der Waals surface area contributed by atoms with Crippen LogP contribution in [0.5, 0.6) is 0 Å². The highest BCUT2D eigenvalue weighted by Gasteiger charge is 2.10. The Morgan fingerprint density at radius 1 is 1.36 bits per heavy atom. The van der Waals surface area contributed by atoms with Gasteiger partial charge in [-0.2, -0.15) is 0 Å². The highest BCUT2D eigenvalue weighted by Crippen LogP contribution is 2.14. The van der Waals surface area contributed by atoms with E-state index in [9.17, 15) is 9.59 Å². The molecule has 2 N–H and O–H groups in total. The van der Waals surface area contributed by atoms with Gasteiger partial charge in [0.2, 0.25) is 0 Å². The number of aryl methyl sites for hydroxylation is 1. The fraction of sp³-hybridized carbons (Fsp3) is 0.176. The van der Waals surface area contributed by atoms with Gasteiger partial charge in [0.15, 0.2) is 4.96 Å². The van der Waals surface area contributed by atoms with E-state index in [-0.39, 0.29) is 11.5 Å². The van der Waals surface area contributed by atoms with E-state index >= 15 is 0 Å². The SMILES string of the molecule is Cc1cc(=O)n2c(CCNC(=O)c3ccc4nc[nH]c4c3)csc2n1. The molecule has 126 valence electrons. The van der Waals surface area contributed by atoms with Crippen LogP contribution in [-0.4, -0.2) is 31.8 Å². The summed E-state index contributed by atoms with van der Waals surface area (Å²) in [7, 11) is 0. The normalized spacial score (nSPS) is 11.2. The second kappa shape index (κ2) is 6.14. The second-order valence-electron chi connectivity index (χ2n) is 5.72. The molecule has 0 saturated heterocycles. The van der Waals surface area contributed by atoms with Gasteiger partial charge in [0.1, 0.15) is 0 Å². The highest BCUT2D eigenvalue weighted by atomic mass is 32.1. The minimum Gasteiger partial charge on any atom is -0.352 e. The third-order valence-corrected chi connectivity index (χ3v) is 4.83. The maximum atomic E-state index is 12.3. The Morgan fingerprint density at radius 2 is 2.24 bits per heavy atom. The van der Waals surface area contributed by atoms with Gasteiger partial charge in [0.05, 0.1) is 17.4 Å². The first kappa shape index (κ1) is 15.5. The number of nitrogens with one attached hydrogen (secondary N) is 2. The van der Waals surface area contributed by atoms with Gasteiger partial charge in [0, 0.05) is 41.4 Å². The van der Waals surface area contributed by atoms with Crippen molar-refractivity contribution in [3.63, 3.8) is 0 Å². The standard InChI is InChI=1S/C17H15N5O2S/c1-10-6-15(23)22-12(8-25-17(22)21-10)4-5-18-16(24)11-2-3-13-14(7-11)20-9-19-13/h2-3,6-9H,4-5H2,1H3,(H,18,24)(H,19,20). The molecule has 25 heavy (non-hydrogen) atoms. The van der Waals surface area contributed by atoms with Crippen LogP contribution in [0.15, 0.2) is 40.8 Å². The number of amides is 1. The van der Waals surface area contributed by atoms with Gasteiger partial charge in [-0.25, -0.2) is 9.97 Å². The molecule has 0 saturated carbocycles. The number of nitrogens with zero attached hydrogens (tertiary/aromatic N) is 3. The minimum absolute atomic E-state index is 0.0882. The van der Waals surface area contributed by atoms with Crippen molar-refractivity contribution in [2.24, 2.45) is 0 Å². The first-order valence-corrected chi connectivity index (χ1v) is 8.68. The highest BCUT2D eigenvalue weighted by molar-refractivity contribution is 7.15. The molecule has 0 atom stereocenters. The number of hydrogen-bond acceptors (Lipinski definition) is 5. The van der Waals surface area contributed by atoms with Crippen molar-refractivity contribution in [2.45, 2.75) is 13.3 Å². The number of fused-ring (bicyclic) bond motifs is 2. The summed E-state index contributed by atoms with van der Waals surface area (Å²) in [5.74, 6) is -0.155. The molecule has 0 unspecified atom stereocenters. The zero-order valence-electron chi connectivity index (χ0n) is 13.4. The number of thiazole rings is 1. The summed E-state index contributed by atoms with van der Waals surface area (Å²) in [6.07, 6.45) is 2.16. The lowest BCUT2D eigenvalue weighted by Gasteiger charge is -2.05. The first-order chi connectivity index (χ1) is 12.1. The summed E-state index contributed by atoms with van der Waals surface area (Å²) in [6.45, 7) is 2.24. The zero-order chi connectivity index (χ0) is 17.4. The van der Waals surface area contributed by atoms with Crippen LogP contribution in [-0.2, 0) is 6.42 Å². The van der Waals surface area contributed by atoms with Crippen LogP contribution in [0.25, 0.3) is 16.0 Å². The molecule has 0 spiro atoms.